The first-order valence-electron chi connectivity index (χ1n) is 9.71. The second kappa shape index (κ2) is 11.9. The predicted molar refractivity (Wildman–Crippen MR) is 120 cm³/mol. The van der Waals surface area contributed by atoms with Gasteiger partial charge in [-0.25, -0.2) is 0 Å². The lowest BCUT2D eigenvalue weighted by atomic mass is 9.96. The maximum Gasteiger partial charge on any atom is 0.253 e. The van der Waals surface area contributed by atoms with Crippen LogP contribution in [-0.4, -0.2) is 42.9 Å². The first-order valence-corrected chi connectivity index (χ1v) is 10.7. The van der Waals surface area contributed by atoms with Crippen molar-refractivity contribution in [3.8, 4) is 0 Å². The van der Waals surface area contributed by atoms with Crippen LogP contribution in [0.15, 0.2) is 59.5 Å². The molecule has 7 heteroatoms. The van der Waals surface area contributed by atoms with Crippen LogP contribution >= 0.6 is 24.2 Å². The van der Waals surface area contributed by atoms with Crippen LogP contribution in [0.1, 0.15) is 28.8 Å². The van der Waals surface area contributed by atoms with Crippen LogP contribution in [0.4, 0.5) is 0 Å². The number of halogens is 1. The first-order chi connectivity index (χ1) is 13.7. The van der Waals surface area contributed by atoms with Crippen molar-refractivity contribution in [2.45, 2.75) is 23.5 Å². The Kier molecular flexibility index (Phi) is 9.51. The summed E-state index contributed by atoms with van der Waals surface area (Å²) in [7, 11) is 0. The summed E-state index contributed by atoms with van der Waals surface area (Å²) in [5, 5.41) is 2.83. The third-order valence-electron chi connectivity index (χ3n) is 4.87. The number of amides is 2. The number of hydrogen-bond acceptors (Lipinski definition) is 4. The number of piperidine rings is 1. The fraction of sp³-hybridized carbons (Fsp3) is 0.364. The van der Waals surface area contributed by atoms with Crippen LogP contribution in [0.2, 0.25) is 0 Å². The molecule has 0 radical (unpaired) electrons. The number of rotatable bonds is 7. The second-order valence-electron chi connectivity index (χ2n) is 6.97. The van der Waals surface area contributed by atoms with Gasteiger partial charge in [-0.1, -0.05) is 30.3 Å². The molecule has 3 rings (SSSR count). The van der Waals surface area contributed by atoms with Crippen molar-refractivity contribution in [2.75, 3.05) is 26.2 Å². The van der Waals surface area contributed by atoms with Gasteiger partial charge in [-0.3, -0.25) is 9.59 Å². The third kappa shape index (κ3) is 6.77. The number of thioether (sulfide) groups is 1. The average Bonchev–Trinajstić information content (AvgIpc) is 2.76. The normalized spacial score (nSPS) is 16.0. The number of benzene rings is 2. The number of nitrogens with two attached hydrogens (primary N) is 1. The van der Waals surface area contributed by atoms with Gasteiger partial charge in [0.2, 0.25) is 5.91 Å². The molecule has 1 aliphatic rings. The molecule has 0 aliphatic carbocycles. The zero-order valence-electron chi connectivity index (χ0n) is 16.4. The molecule has 1 aliphatic heterocycles. The Labute approximate surface area is 182 Å². The van der Waals surface area contributed by atoms with Gasteiger partial charge >= 0.3 is 0 Å². The molecule has 1 fully saturated rings. The zero-order chi connectivity index (χ0) is 19.8. The Bertz CT molecular complexity index is 786. The van der Waals surface area contributed by atoms with Crippen molar-refractivity contribution in [3.63, 3.8) is 0 Å². The summed E-state index contributed by atoms with van der Waals surface area (Å²) in [5.74, 6) is 0.714. The molecular weight excluding hydrogens is 406 g/mol. The number of likely N-dealkylation sites (tertiary alicyclic amines) is 1. The summed E-state index contributed by atoms with van der Waals surface area (Å²) in [5.41, 5.74) is 7.30. The van der Waals surface area contributed by atoms with Crippen molar-refractivity contribution in [1.82, 2.24) is 10.2 Å². The lowest BCUT2D eigenvalue weighted by Gasteiger charge is -2.32. The summed E-state index contributed by atoms with van der Waals surface area (Å²) in [4.78, 5) is 28.1. The van der Waals surface area contributed by atoms with E-state index in [2.05, 4.69) is 17.4 Å². The zero-order valence-corrected chi connectivity index (χ0v) is 18.0. The first kappa shape index (κ1) is 23.3. The van der Waals surface area contributed by atoms with Gasteiger partial charge in [0.25, 0.3) is 5.91 Å². The molecule has 29 heavy (non-hydrogen) atoms. The van der Waals surface area contributed by atoms with Crippen molar-refractivity contribution >= 4 is 36.0 Å². The number of carbonyl (C=O) groups excluding carboxylic acids is 2. The highest BCUT2D eigenvalue weighted by Crippen LogP contribution is 2.23. The van der Waals surface area contributed by atoms with E-state index >= 15 is 0 Å². The van der Waals surface area contributed by atoms with Crippen LogP contribution in [0.5, 0.6) is 0 Å². The molecule has 156 valence electrons. The number of hydrogen-bond donors (Lipinski definition) is 2. The van der Waals surface area contributed by atoms with E-state index in [1.165, 1.54) is 10.5 Å². The van der Waals surface area contributed by atoms with Gasteiger partial charge in [0.05, 0.1) is 5.92 Å². The molecular formula is C22H28ClN3O2S. The third-order valence-corrected chi connectivity index (χ3v) is 5.96. The smallest absolute Gasteiger partial charge is 0.253 e. The highest BCUT2D eigenvalue weighted by molar-refractivity contribution is 7.98. The lowest BCUT2D eigenvalue weighted by molar-refractivity contribution is -0.126. The Morgan fingerprint density at radius 2 is 1.83 bits per heavy atom. The van der Waals surface area contributed by atoms with Crippen LogP contribution < -0.4 is 11.1 Å². The molecule has 1 atom stereocenters. The minimum Gasteiger partial charge on any atom is -0.355 e. The van der Waals surface area contributed by atoms with Crippen molar-refractivity contribution in [3.05, 3.63) is 65.7 Å². The molecule has 1 saturated heterocycles. The molecule has 0 spiro atoms. The van der Waals surface area contributed by atoms with E-state index in [0.29, 0.717) is 31.7 Å². The van der Waals surface area contributed by atoms with E-state index in [-0.39, 0.29) is 30.1 Å². The fourth-order valence-electron chi connectivity index (χ4n) is 3.32. The van der Waals surface area contributed by atoms with E-state index in [1.54, 1.807) is 16.7 Å². The summed E-state index contributed by atoms with van der Waals surface area (Å²) in [6, 6.07) is 18.1. The molecule has 3 N–H and O–H groups in total. The van der Waals surface area contributed by atoms with E-state index in [4.69, 9.17) is 5.73 Å². The molecule has 0 bridgehead atoms. The van der Waals surface area contributed by atoms with E-state index in [9.17, 15) is 9.59 Å². The molecule has 2 aromatic rings. The molecule has 0 aromatic heterocycles. The fourth-order valence-corrected chi connectivity index (χ4v) is 4.20. The highest BCUT2D eigenvalue weighted by atomic mass is 35.5. The van der Waals surface area contributed by atoms with Gasteiger partial charge in [-0.2, -0.15) is 0 Å². The number of carbonyl (C=O) groups is 2. The van der Waals surface area contributed by atoms with Gasteiger partial charge in [0, 0.05) is 42.4 Å². The number of nitrogens with zero attached hydrogens (tertiary/aromatic N) is 1. The standard InChI is InChI=1S/C22H27N3O2S.ClH/c23-12-13-24-21(26)19-5-4-14-25(15-19)22(27)18-10-8-17(9-11-18)16-28-20-6-2-1-3-7-20;/h1-3,6-11,19H,4-5,12-16,23H2,(H,24,26);1H. The minimum atomic E-state index is -0.147. The quantitative estimate of drug-likeness (QED) is 0.657. The van der Waals surface area contributed by atoms with Crippen molar-refractivity contribution < 1.29 is 9.59 Å². The van der Waals surface area contributed by atoms with Crippen LogP contribution in [0.3, 0.4) is 0 Å². The van der Waals surface area contributed by atoms with Crippen molar-refractivity contribution in [2.24, 2.45) is 11.7 Å². The summed E-state index contributed by atoms with van der Waals surface area (Å²) in [6.07, 6.45) is 1.66. The Balaban J connectivity index is 0.00000300. The molecule has 2 aromatic carbocycles. The molecule has 2 amide bonds. The Hall–Kier alpha value is -2.02. The van der Waals surface area contributed by atoms with Crippen LogP contribution in [0, 0.1) is 5.92 Å². The number of nitrogens with one attached hydrogen (secondary N) is 1. The Morgan fingerprint density at radius 1 is 1.10 bits per heavy atom. The average molecular weight is 434 g/mol. The molecule has 1 unspecified atom stereocenters. The van der Waals surface area contributed by atoms with E-state index < -0.39 is 0 Å². The molecule has 1 heterocycles. The Morgan fingerprint density at radius 3 is 2.52 bits per heavy atom. The summed E-state index contributed by atoms with van der Waals surface area (Å²) >= 11 is 1.78. The molecule has 0 saturated carbocycles. The lowest BCUT2D eigenvalue weighted by Crippen LogP contribution is -2.46. The van der Waals surface area contributed by atoms with Gasteiger partial charge in [-0.05, 0) is 42.7 Å². The largest absolute Gasteiger partial charge is 0.355 e. The maximum absolute atomic E-state index is 12.8. The van der Waals surface area contributed by atoms with Gasteiger partial charge < -0.3 is 16.0 Å². The van der Waals surface area contributed by atoms with Crippen LogP contribution in [-0.2, 0) is 10.5 Å². The topological polar surface area (TPSA) is 75.4 Å². The van der Waals surface area contributed by atoms with Crippen LogP contribution in [0.25, 0.3) is 0 Å². The van der Waals surface area contributed by atoms with Gasteiger partial charge in [0.15, 0.2) is 0 Å². The summed E-state index contributed by atoms with van der Waals surface area (Å²) in [6.45, 7) is 2.08. The monoisotopic (exact) mass is 433 g/mol. The highest BCUT2D eigenvalue weighted by Gasteiger charge is 2.28. The predicted octanol–water partition coefficient (Wildman–Crippen LogP) is 3.33. The summed E-state index contributed by atoms with van der Waals surface area (Å²) < 4.78 is 0. The van der Waals surface area contributed by atoms with Crippen molar-refractivity contribution in [1.29, 1.82) is 0 Å². The maximum atomic E-state index is 12.8. The minimum absolute atomic E-state index is 0. The van der Waals surface area contributed by atoms with E-state index in [0.717, 1.165) is 18.6 Å². The second-order valence-corrected chi connectivity index (χ2v) is 8.02. The SMILES string of the molecule is Cl.NCCNC(=O)C1CCCN(C(=O)c2ccc(CSc3ccccc3)cc2)C1. The van der Waals surface area contributed by atoms with E-state index in [1.807, 2.05) is 42.5 Å². The van der Waals surface area contributed by atoms with Gasteiger partial charge in [0.1, 0.15) is 0 Å². The van der Waals surface area contributed by atoms with Gasteiger partial charge in [-0.15, -0.1) is 24.2 Å². The molecule has 5 nitrogen and oxygen atoms in total.